The largest absolute Gasteiger partial charge is 0.507 e. The number of aromatic hydroxyl groups is 1. The lowest BCUT2D eigenvalue weighted by atomic mass is 10.2. The maximum Gasteiger partial charge on any atom is 0.122 e. The van der Waals surface area contributed by atoms with Crippen molar-refractivity contribution >= 4 is 6.08 Å². The van der Waals surface area contributed by atoms with E-state index in [0.717, 1.165) is 5.56 Å². The minimum Gasteiger partial charge on any atom is -0.507 e. The summed E-state index contributed by atoms with van der Waals surface area (Å²) in [5.74, 6) is 0.257. The number of hydrogen-bond donors (Lipinski definition) is 1. The second-order valence-corrected chi connectivity index (χ2v) is 2.70. The minimum atomic E-state index is 0.257. The Morgan fingerprint density at radius 1 is 1.43 bits per heavy atom. The first-order valence-corrected chi connectivity index (χ1v) is 4.30. The minimum absolute atomic E-state index is 0.257. The molecule has 4 heteroatoms. The number of phenolic OH excluding ortho intramolecular Hbond substituents is 1. The number of azide groups is 1. The van der Waals surface area contributed by atoms with Crippen molar-refractivity contribution in [3.05, 3.63) is 46.3 Å². The molecule has 0 saturated carbocycles. The van der Waals surface area contributed by atoms with Gasteiger partial charge in [-0.2, -0.15) is 0 Å². The van der Waals surface area contributed by atoms with Gasteiger partial charge in [-0.1, -0.05) is 35.5 Å². The average Bonchev–Trinajstić information content (AvgIpc) is 2.20. The Balaban J connectivity index is 2.51. The predicted molar refractivity (Wildman–Crippen MR) is 55.8 cm³/mol. The lowest BCUT2D eigenvalue weighted by molar-refractivity contribution is 0.474. The third-order valence-corrected chi connectivity index (χ3v) is 1.69. The van der Waals surface area contributed by atoms with Crippen molar-refractivity contribution in [1.82, 2.24) is 0 Å². The Morgan fingerprint density at radius 2 is 2.21 bits per heavy atom. The molecule has 0 aromatic heterocycles. The maximum atomic E-state index is 9.38. The zero-order valence-corrected chi connectivity index (χ0v) is 7.67. The number of para-hydroxylation sites is 1. The first-order valence-electron chi connectivity index (χ1n) is 4.30. The second-order valence-electron chi connectivity index (χ2n) is 2.70. The highest BCUT2D eigenvalue weighted by molar-refractivity contribution is 5.56. The van der Waals surface area contributed by atoms with Crippen molar-refractivity contribution in [2.24, 2.45) is 5.11 Å². The van der Waals surface area contributed by atoms with Gasteiger partial charge in [0.25, 0.3) is 0 Å². The molecule has 1 aromatic carbocycles. The Labute approximate surface area is 82.1 Å². The number of rotatable bonds is 4. The fourth-order valence-electron chi connectivity index (χ4n) is 1.02. The first-order chi connectivity index (χ1) is 6.84. The maximum absolute atomic E-state index is 9.38. The van der Waals surface area contributed by atoms with E-state index < -0.39 is 0 Å². The molecule has 4 nitrogen and oxygen atoms in total. The van der Waals surface area contributed by atoms with Gasteiger partial charge in [0.05, 0.1) is 0 Å². The Bertz CT molecular complexity index is 367. The monoisotopic (exact) mass is 189 g/mol. The smallest absolute Gasteiger partial charge is 0.122 e. The molecular formula is C10H11N3O. The Morgan fingerprint density at radius 3 is 2.93 bits per heavy atom. The van der Waals surface area contributed by atoms with Gasteiger partial charge in [0, 0.05) is 17.0 Å². The molecule has 0 amide bonds. The van der Waals surface area contributed by atoms with Crippen LogP contribution >= 0.6 is 0 Å². The molecule has 0 aliphatic carbocycles. The molecule has 0 aliphatic rings. The van der Waals surface area contributed by atoms with Crippen molar-refractivity contribution in [3.8, 4) is 5.75 Å². The molecule has 0 spiro atoms. The first kappa shape index (κ1) is 10.2. The van der Waals surface area contributed by atoms with Crippen molar-refractivity contribution in [1.29, 1.82) is 0 Å². The number of hydrogen-bond acceptors (Lipinski definition) is 2. The Kier molecular flexibility index (Phi) is 4.11. The lowest BCUT2D eigenvalue weighted by Gasteiger charge is -1.96. The molecule has 1 aromatic rings. The van der Waals surface area contributed by atoms with Crippen LogP contribution in [0.1, 0.15) is 12.0 Å². The number of phenols is 1. The normalized spacial score (nSPS) is 10.0. The van der Waals surface area contributed by atoms with Crippen LogP contribution in [0.4, 0.5) is 0 Å². The van der Waals surface area contributed by atoms with Gasteiger partial charge in [-0.3, -0.25) is 0 Å². The summed E-state index contributed by atoms with van der Waals surface area (Å²) in [6.07, 6.45) is 4.35. The van der Waals surface area contributed by atoms with Gasteiger partial charge in [-0.15, -0.1) is 0 Å². The topological polar surface area (TPSA) is 69.0 Å². The number of nitrogens with zero attached hydrogens (tertiary/aromatic N) is 3. The van der Waals surface area contributed by atoms with Gasteiger partial charge < -0.3 is 5.11 Å². The van der Waals surface area contributed by atoms with Gasteiger partial charge >= 0.3 is 0 Å². The molecule has 1 N–H and O–H groups in total. The third-order valence-electron chi connectivity index (χ3n) is 1.69. The van der Waals surface area contributed by atoms with Gasteiger partial charge in [0.15, 0.2) is 0 Å². The van der Waals surface area contributed by atoms with Crippen LogP contribution in [-0.4, -0.2) is 11.7 Å². The highest BCUT2D eigenvalue weighted by atomic mass is 16.3. The van der Waals surface area contributed by atoms with Crippen molar-refractivity contribution in [3.63, 3.8) is 0 Å². The van der Waals surface area contributed by atoms with Gasteiger partial charge in [0.1, 0.15) is 5.75 Å². The van der Waals surface area contributed by atoms with E-state index in [4.69, 9.17) is 5.53 Å². The Hall–Kier alpha value is -1.93. The predicted octanol–water partition coefficient (Wildman–Crippen LogP) is 3.11. The quantitative estimate of drug-likeness (QED) is 0.336. The van der Waals surface area contributed by atoms with E-state index in [1.165, 1.54) is 0 Å². The summed E-state index contributed by atoms with van der Waals surface area (Å²) in [5.41, 5.74) is 8.79. The van der Waals surface area contributed by atoms with Crippen molar-refractivity contribution in [2.45, 2.75) is 6.42 Å². The van der Waals surface area contributed by atoms with E-state index in [0.29, 0.717) is 13.0 Å². The molecular weight excluding hydrogens is 178 g/mol. The van der Waals surface area contributed by atoms with Crippen LogP contribution in [-0.2, 0) is 0 Å². The lowest BCUT2D eigenvalue weighted by Crippen LogP contribution is -1.75. The van der Waals surface area contributed by atoms with E-state index in [2.05, 4.69) is 10.0 Å². The van der Waals surface area contributed by atoms with E-state index in [1.54, 1.807) is 12.1 Å². The highest BCUT2D eigenvalue weighted by Crippen LogP contribution is 2.16. The summed E-state index contributed by atoms with van der Waals surface area (Å²) in [4.78, 5) is 2.64. The summed E-state index contributed by atoms with van der Waals surface area (Å²) >= 11 is 0. The molecule has 0 heterocycles. The molecule has 0 bridgehead atoms. The van der Waals surface area contributed by atoms with E-state index in [-0.39, 0.29) is 5.75 Å². The van der Waals surface area contributed by atoms with E-state index >= 15 is 0 Å². The summed E-state index contributed by atoms with van der Waals surface area (Å²) in [7, 11) is 0. The van der Waals surface area contributed by atoms with Crippen LogP contribution in [0.15, 0.2) is 35.5 Å². The van der Waals surface area contributed by atoms with Crippen LogP contribution in [0, 0.1) is 0 Å². The standard InChI is InChI=1S/C10H11N3O/c11-13-12-8-4-3-6-9-5-1-2-7-10(9)14/h1-3,5-7,14H,4,8H2. The van der Waals surface area contributed by atoms with Crippen molar-refractivity contribution < 1.29 is 5.11 Å². The van der Waals surface area contributed by atoms with Crippen LogP contribution in [0.3, 0.4) is 0 Å². The fourth-order valence-corrected chi connectivity index (χ4v) is 1.02. The van der Waals surface area contributed by atoms with E-state index in [9.17, 15) is 5.11 Å². The van der Waals surface area contributed by atoms with Gasteiger partial charge in [-0.25, -0.2) is 0 Å². The van der Waals surface area contributed by atoms with Crippen molar-refractivity contribution in [2.75, 3.05) is 6.54 Å². The van der Waals surface area contributed by atoms with Gasteiger partial charge in [0.2, 0.25) is 0 Å². The molecule has 0 atom stereocenters. The molecule has 0 fully saturated rings. The SMILES string of the molecule is [N-]=[N+]=NCCC=Cc1ccccc1O. The molecule has 0 aliphatic heterocycles. The molecule has 14 heavy (non-hydrogen) atoms. The second kappa shape index (κ2) is 5.67. The van der Waals surface area contributed by atoms with Crippen LogP contribution in [0.2, 0.25) is 0 Å². The molecule has 0 unspecified atom stereocenters. The van der Waals surface area contributed by atoms with Crippen LogP contribution in [0.5, 0.6) is 5.75 Å². The molecule has 72 valence electrons. The number of benzene rings is 1. The highest BCUT2D eigenvalue weighted by Gasteiger charge is 1.92. The van der Waals surface area contributed by atoms with E-state index in [1.807, 2.05) is 24.3 Å². The summed E-state index contributed by atoms with van der Waals surface area (Å²) in [6.45, 7) is 0.445. The van der Waals surface area contributed by atoms with Crippen LogP contribution in [0.25, 0.3) is 16.5 Å². The summed E-state index contributed by atoms with van der Waals surface area (Å²) in [5, 5.41) is 12.8. The molecule has 0 radical (unpaired) electrons. The fraction of sp³-hybridized carbons (Fsp3) is 0.200. The average molecular weight is 189 g/mol. The zero-order valence-electron chi connectivity index (χ0n) is 7.67. The zero-order chi connectivity index (χ0) is 10.2. The molecule has 1 rings (SSSR count). The third kappa shape index (κ3) is 3.21. The van der Waals surface area contributed by atoms with Gasteiger partial charge in [-0.05, 0) is 18.0 Å². The van der Waals surface area contributed by atoms with Crippen LogP contribution < -0.4 is 0 Å². The summed E-state index contributed by atoms with van der Waals surface area (Å²) < 4.78 is 0. The molecule has 0 saturated heterocycles. The summed E-state index contributed by atoms with van der Waals surface area (Å²) in [6, 6.07) is 7.08.